The second kappa shape index (κ2) is 4.97. The van der Waals surface area contributed by atoms with Gasteiger partial charge in [0.25, 0.3) is 0 Å². The van der Waals surface area contributed by atoms with Gasteiger partial charge < -0.3 is 5.32 Å². The first-order valence-electron chi connectivity index (χ1n) is 5.07. The molecule has 0 aliphatic heterocycles. The zero-order chi connectivity index (χ0) is 11.5. The van der Waals surface area contributed by atoms with Gasteiger partial charge in [-0.15, -0.1) is 11.3 Å². The van der Waals surface area contributed by atoms with E-state index in [1.54, 1.807) is 11.3 Å². The molecule has 16 heavy (non-hydrogen) atoms. The molecule has 0 spiro atoms. The van der Waals surface area contributed by atoms with Crippen LogP contribution in [0.1, 0.15) is 24.2 Å². The molecule has 0 bridgehead atoms. The summed E-state index contributed by atoms with van der Waals surface area (Å²) in [6, 6.07) is 6.51. The van der Waals surface area contributed by atoms with E-state index in [4.69, 9.17) is 0 Å². The maximum Gasteiger partial charge on any atom is 0.0795 e. The maximum absolute atomic E-state index is 4.31. The van der Waals surface area contributed by atoms with Gasteiger partial charge in [0.15, 0.2) is 0 Å². The van der Waals surface area contributed by atoms with E-state index in [0.29, 0.717) is 0 Å². The van der Waals surface area contributed by atoms with Crippen LogP contribution in [0.4, 0.5) is 5.69 Å². The summed E-state index contributed by atoms with van der Waals surface area (Å²) in [6.07, 6.45) is 0. The topological polar surface area (TPSA) is 24.9 Å². The van der Waals surface area contributed by atoms with E-state index in [2.05, 4.69) is 63.7 Å². The van der Waals surface area contributed by atoms with Crippen molar-refractivity contribution in [2.24, 2.45) is 0 Å². The zero-order valence-electron chi connectivity index (χ0n) is 9.20. The summed E-state index contributed by atoms with van der Waals surface area (Å²) in [5.74, 6) is 0. The van der Waals surface area contributed by atoms with Crippen molar-refractivity contribution >= 4 is 33.0 Å². The Hall–Kier alpha value is -0.870. The number of nitrogens with one attached hydrogen (secondary N) is 1. The van der Waals surface area contributed by atoms with Crippen LogP contribution < -0.4 is 5.32 Å². The predicted molar refractivity (Wildman–Crippen MR) is 73.0 cm³/mol. The van der Waals surface area contributed by atoms with Crippen molar-refractivity contribution < 1.29 is 0 Å². The second-order valence-electron chi connectivity index (χ2n) is 3.76. The fourth-order valence-electron chi connectivity index (χ4n) is 1.49. The van der Waals surface area contributed by atoms with Gasteiger partial charge in [0, 0.05) is 15.5 Å². The van der Waals surface area contributed by atoms with E-state index in [1.165, 1.54) is 5.56 Å². The van der Waals surface area contributed by atoms with Crippen molar-refractivity contribution in [3.8, 4) is 0 Å². The summed E-state index contributed by atoms with van der Waals surface area (Å²) in [7, 11) is 0. The lowest BCUT2D eigenvalue weighted by Gasteiger charge is -2.15. The summed E-state index contributed by atoms with van der Waals surface area (Å²) in [6.45, 7) is 4.20. The first-order chi connectivity index (χ1) is 7.66. The summed E-state index contributed by atoms with van der Waals surface area (Å²) in [5, 5.41) is 5.52. The van der Waals surface area contributed by atoms with Crippen molar-refractivity contribution in [2.75, 3.05) is 5.32 Å². The molecular weight excluding hydrogens is 284 g/mol. The Balaban J connectivity index is 2.17. The van der Waals surface area contributed by atoms with Gasteiger partial charge in [-0.2, -0.15) is 0 Å². The van der Waals surface area contributed by atoms with E-state index in [1.807, 2.05) is 5.51 Å². The fourth-order valence-corrected chi connectivity index (χ4v) is 2.50. The normalized spacial score (nSPS) is 12.4. The summed E-state index contributed by atoms with van der Waals surface area (Å²) in [4.78, 5) is 4.31. The molecule has 0 aliphatic rings. The molecule has 2 nitrogen and oxygen atoms in total. The molecule has 1 heterocycles. The molecule has 1 aromatic carbocycles. The SMILES string of the molecule is Cc1ccc(Br)c(NC(C)c2cscn2)c1. The smallest absolute Gasteiger partial charge is 0.0795 e. The number of anilines is 1. The molecule has 84 valence electrons. The highest BCUT2D eigenvalue weighted by atomic mass is 79.9. The molecule has 1 unspecified atom stereocenters. The van der Waals surface area contributed by atoms with Gasteiger partial charge in [-0.25, -0.2) is 4.98 Å². The predicted octanol–water partition coefficient (Wildman–Crippen LogP) is 4.39. The first-order valence-corrected chi connectivity index (χ1v) is 6.81. The Bertz CT molecular complexity index is 468. The third-order valence-electron chi connectivity index (χ3n) is 2.39. The highest BCUT2D eigenvalue weighted by molar-refractivity contribution is 9.10. The fraction of sp³-hybridized carbons (Fsp3) is 0.250. The van der Waals surface area contributed by atoms with Crippen LogP contribution in [0, 0.1) is 6.92 Å². The Morgan fingerprint density at radius 1 is 1.44 bits per heavy atom. The van der Waals surface area contributed by atoms with E-state index in [-0.39, 0.29) is 6.04 Å². The maximum atomic E-state index is 4.31. The average Bonchev–Trinajstić information content (AvgIpc) is 2.76. The van der Waals surface area contributed by atoms with Crippen LogP contribution in [0.3, 0.4) is 0 Å². The average molecular weight is 297 g/mol. The molecule has 0 fully saturated rings. The third kappa shape index (κ3) is 2.62. The quantitative estimate of drug-likeness (QED) is 0.909. The molecule has 0 aliphatic carbocycles. The van der Waals surface area contributed by atoms with E-state index in [9.17, 15) is 0 Å². The minimum absolute atomic E-state index is 0.226. The van der Waals surface area contributed by atoms with Gasteiger partial charge in [0.1, 0.15) is 0 Å². The van der Waals surface area contributed by atoms with Gasteiger partial charge in [0.05, 0.1) is 17.2 Å². The molecule has 0 radical (unpaired) electrons. The Kier molecular flexibility index (Phi) is 3.61. The standard InChI is InChI=1S/C12H13BrN2S/c1-8-3-4-10(13)11(5-8)15-9(2)12-6-16-7-14-12/h3-7,9,15H,1-2H3. The van der Waals surface area contributed by atoms with E-state index < -0.39 is 0 Å². The number of benzene rings is 1. The molecule has 2 rings (SSSR count). The lowest BCUT2D eigenvalue weighted by atomic mass is 10.2. The number of aryl methyl sites for hydroxylation is 1. The van der Waals surface area contributed by atoms with Gasteiger partial charge in [-0.05, 0) is 47.5 Å². The van der Waals surface area contributed by atoms with Crippen LogP contribution in [0.25, 0.3) is 0 Å². The molecular formula is C12H13BrN2S. The summed E-state index contributed by atoms with van der Waals surface area (Å²) >= 11 is 5.16. The highest BCUT2D eigenvalue weighted by Crippen LogP contribution is 2.27. The van der Waals surface area contributed by atoms with Gasteiger partial charge in [-0.3, -0.25) is 0 Å². The lowest BCUT2D eigenvalue weighted by molar-refractivity contribution is 0.849. The van der Waals surface area contributed by atoms with Crippen LogP contribution in [0.5, 0.6) is 0 Å². The van der Waals surface area contributed by atoms with Crippen LogP contribution in [-0.4, -0.2) is 4.98 Å². The second-order valence-corrected chi connectivity index (χ2v) is 5.34. The summed E-state index contributed by atoms with van der Waals surface area (Å²) < 4.78 is 1.08. The minimum Gasteiger partial charge on any atom is -0.376 e. The van der Waals surface area contributed by atoms with Crippen molar-refractivity contribution in [1.29, 1.82) is 0 Å². The molecule has 1 atom stereocenters. The molecule has 0 saturated carbocycles. The van der Waals surface area contributed by atoms with Crippen molar-refractivity contribution in [2.45, 2.75) is 19.9 Å². The zero-order valence-corrected chi connectivity index (χ0v) is 11.6. The number of aromatic nitrogens is 1. The molecule has 0 saturated heterocycles. The van der Waals surface area contributed by atoms with E-state index in [0.717, 1.165) is 15.9 Å². The number of nitrogens with zero attached hydrogens (tertiary/aromatic N) is 1. The molecule has 1 aromatic heterocycles. The van der Waals surface area contributed by atoms with Crippen LogP contribution in [0.2, 0.25) is 0 Å². The number of hydrogen-bond acceptors (Lipinski definition) is 3. The van der Waals surface area contributed by atoms with Crippen LogP contribution >= 0.6 is 27.3 Å². The van der Waals surface area contributed by atoms with E-state index >= 15 is 0 Å². The Morgan fingerprint density at radius 2 is 2.25 bits per heavy atom. The Morgan fingerprint density at radius 3 is 2.94 bits per heavy atom. The monoisotopic (exact) mass is 296 g/mol. The number of halogens is 1. The summed E-state index contributed by atoms with van der Waals surface area (Å²) in [5.41, 5.74) is 5.30. The number of hydrogen-bond donors (Lipinski definition) is 1. The third-order valence-corrected chi connectivity index (χ3v) is 3.69. The van der Waals surface area contributed by atoms with Gasteiger partial charge in [-0.1, -0.05) is 6.07 Å². The largest absolute Gasteiger partial charge is 0.376 e. The number of thiazole rings is 1. The van der Waals surface area contributed by atoms with Crippen molar-refractivity contribution in [3.63, 3.8) is 0 Å². The van der Waals surface area contributed by atoms with Crippen molar-refractivity contribution in [3.05, 3.63) is 44.8 Å². The van der Waals surface area contributed by atoms with Crippen molar-refractivity contribution in [1.82, 2.24) is 4.98 Å². The molecule has 0 amide bonds. The van der Waals surface area contributed by atoms with Crippen LogP contribution in [0.15, 0.2) is 33.6 Å². The number of rotatable bonds is 3. The molecule has 1 N–H and O–H groups in total. The molecule has 4 heteroatoms. The first kappa shape index (κ1) is 11.6. The Labute approximate surface area is 108 Å². The van der Waals surface area contributed by atoms with Crippen LogP contribution in [-0.2, 0) is 0 Å². The molecule has 2 aromatic rings. The lowest BCUT2D eigenvalue weighted by Crippen LogP contribution is -2.07. The van der Waals surface area contributed by atoms with Gasteiger partial charge in [0.2, 0.25) is 0 Å². The minimum atomic E-state index is 0.226. The van der Waals surface area contributed by atoms with Gasteiger partial charge >= 0.3 is 0 Å². The highest BCUT2D eigenvalue weighted by Gasteiger charge is 2.08.